The summed E-state index contributed by atoms with van der Waals surface area (Å²) in [4.78, 5) is 14.1. The molecule has 2 N–H and O–H groups in total. The third kappa shape index (κ3) is 4.10. The van der Waals surface area contributed by atoms with Crippen LogP contribution in [-0.4, -0.2) is 53.3 Å². The minimum atomic E-state index is -3.96. The van der Waals surface area contributed by atoms with Crippen molar-refractivity contribution in [2.24, 2.45) is 7.05 Å². The van der Waals surface area contributed by atoms with E-state index in [0.29, 0.717) is 18.5 Å². The monoisotopic (exact) mass is 412 g/mol. The summed E-state index contributed by atoms with van der Waals surface area (Å²) in [5, 5.41) is 13.8. The van der Waals surface area contributed by atoms with Crippen LogP contribution in [-0.2, 0) is 17.1 Å². The number of rotatable bonds is 4. The molecule has 0 aliphatic carbocycles. The molecule has 1 aliphatic rings. The molecule has 2 heterocycles. The van der Waals surface area contributed by atoms with Crippen molar-refractivity contribution in [3.63, 3.8) is 0 Å². The number of benzene rings is 1. The first-order valence-electron chi connectivity index (χ1n) is 8.48. The van der Waals surface area contributed by atoms with Crippen molar-refractivity contribution in [1.82, 2.24) is 14.7 Å². The van der Waals surface area contributed by atoms with Gasteiger partial charge >= 0.3 is 0 Å². The van der Waals surface area contributed by atoms with Gasteiger partial charge in [0.05, 0.1) is 11.8 Å². The van der Waals surface area contributed by atoms with Gasteiger partial charge in [-0.1, -0.05) is 17.7 Å². The molecular formula is C17H21ClN4O4S. The Hall–Kier alpha value is -2.10. The number of hydrogen-bond acceptors (Lipinski definition) is 5. The number of piperidine rings is 1. The second-order valence-electron chi connectivity index (χ2n) is 6.56. The van der Waals surface area contributed by atoms with Gasteiger partial charge in [-0.15, -0.1) is 0 Å². The Morgan fingerprint density at radius 1 is 1.41 bits per heavy atom. The number of halogens is 1. The van der Waals surface area contributed by atoms with Crippen molar-refractivity contribution in [3.8, 4) is 0 Å². The molecule has 1 aromatic carbocycles. The van der Waals surface area contributed by atoms with Gasteiger partial charge in [-0.2, -0.15) is 5.10 Å². The first kappa shape index (κ1) is 19.7. The summed E-state index contributed by atoms with van der Waals surface area (Å²) in [6, 6.07) is 6.24. The van der Waals surface area contributed by atoms with E-state index in [2.05, 4.69) is 9.82 Å². The second kappa shape index (κ2) is 7.49. The quantitative estimate of drug-likeness (QED) is 0.796. The molecule has 1 saturated heterocycles. The lowest BCUT2D eigenvalue weighted by molar-refractivity contribution is 0.0474. The molecule has 27 heavy (non-hydrogen) atoms. The molecule has 0 spiro atoms. The van der Waals surface area contributed by atoms with E-state index in [1.807, 2.05) is 0 Å². The number of carbonyl (C=O) groups excluding carboxylic acids is 1. The van der Waals surface area contributed by atoms with Crippen LogP contribution in [0.3, 0.4) is 0 Å². The fraction of sp³-hybridized carbons (Fsp3) is 0.412. The lowest BCUT2D eigenvalue weighted by atomic mass is 10.1. The number of nitrogens with zero attached hydrogens (tertiary/aromatic N) is 3. The van der Waals surface area contributed by atoms with Crippen LogP contribution in [0.25, 0.3) is 0 Å². The number of aliphatic hydroxyl groups is 1. The van der Waals surface area contributed by atoms with Gasteiger partial charge in [0.2, 0.25) is 0 Å². The predicted molar refractivity (Wildman–Crippen MR) is 101 cm³/mol. The zero-order valence-electron chi connectivity index (χ0n) is 15.0. The van der Waals surface area contributed by atoms with E-state index >= 15 is 0 Å². The van der Waals surface area contributed by atoms with Gasteiger partial charge in [-0.05, 0) is 38.0 Å². The highest BCUT2D eigenvalue weighted by Crippen LogP contribution is 2.27. The van der Waals surface area contributed by atoms with Gasteiger partial charge in [0, 0.05) is 31.4 Å². The van der Waals surface area contributed by atoms with Crippen molar-refractivity contribution < 1.29 is 18.3 Å². The molecule has 146 valence electrons. The predicted octanol–water partition coefficient (Wildman–Crippen LogP) is 1.78. The Bertz CT molecular complexity index is 973. The first-order valence-corrected chi connectivity index (χ1v) is 10.3. The minimum absolute atomic E-state index is 0.00883. The molecule has 0 saturated carbocycles. The summed E-state index contributed by atoms with van der Waals surface area (Å²) in [7, 11) is -2.40. The first-order chi connectivity index (χ1) is 12.7. The van der Waals surface area contributed by atoms with Gasteiger partial charge in [0.1, 0.15) is 10.0 Å². The van der Waals surface area contributed by atoms with Crippen molar-refractivity contribution in [2.75, 3.05) is 17.8 Å². The number of anilines is 1. The maximum Gasteiger partial charge on any atom is 0.266 e. The summed E-state index contributed by atoms with van der Waals surface area (Å²) in [6.07, 6.45) is 0.882. The molecule has 1 amide bonds. The zero-order chi connectivity index (χ0) is 19.8. The number of aliphatic hydroxyl groups excluding tert-OH is 1. The van der Waals surface area contributed by atoms with Crippen LogP contribution < -0.4 is 4.72 Å². The van der Waals surface area contributed by atoms with E-state index in [-0.39, 0.29) is 33.9 Å². The smallest absolute Gasteiger partial charge is 0.266 e. The van der Waals surface area contributed by atoms with E-state index in [1.54, 1.807) is 37.1 Å². The number of likely N-dealkylation sites (tertiary alicyclic amines) is 1. The van der Waals surface area contributed by atoms with Gasteiger partial charge in [0.15, 0.2) is 0 Å². The molecule has 1 aromatic heterocycles. The summed E-state index contributed by atoms with van der Waals surface area (Å²) in [6.45, 7) is 2.40. The third-order valence-corrected chi connectivity index (χ3v) is 6.49. The molecule has 3 rings (SSSR count). The van der Waals surface area contributed by atoms with Crippen molar-refractivity contribution in [1.29, 1.82) is 0 Å². The van der Waals surface area contributed by atoms with Crippen LogP contribution in [0.15, 0.2) is 29.2 Å². The maximum atomic E-state index is 12.7. The number of nitrogens with one attached hydrogen (secondary N) is 1. The number of hydrogen-bond donors (Lipinski definition) is 2. The number of sulfonamides is 1. The number of β-amino-alcohol motifs (C(OH)–C–C–N with tert-alkyl or cyclic N) is 1. The van der Waals surface area contributed by atoms with Crippen molar-refractivity contribution in [3.05, 3.63) is 40.7 Å². The average molecular weight is 413 g/mol. The SMILES string of the molecule is Cc1nn(C)c(Cl)c1S(=O)(=O)Nc1cccc(C(=O)N2CCC[C@H](O)C2)c1. The van der Waals surface area contributed by atoms with E-state index in [9.17, 15) is 18.3 Å². The average Bonchev–Trinajstić information content (AvgIpc) is 2.86. The summed E-state index contributed by atoms with van der Waals surface area (Å²) in [5.41, 5.74) is 0.876. The van der Waals surface area contributed by atoms with E-state index in [0.717, 1.165) is 6.42 Å². The van der Waals surface area contributed by atoms with Crippen LogP contribution in [0.1, 0.15) is 28.9 Å². The highest BCUT2D eigenvalue weighted by molar-refractivity contribution is 7.92. The fourth-order valence-corrected chi connectivity index (χ4v) is 4.96. The molecule has 1 fully saturated rings. The highest BCUT2D eigenvalue weighted by Gasteiger charge is 2.26. The Kier molecular flexibility index (Phi) is 5.45. The minimum Gasteiger partial charge on any atom is -0.391 e. The van der Waals surface area contributed by atoms with E-state index in [4.69, 9.17) is 11.6 Å². The van der Waals surface area contributed by atoms with Gasteiger partial charge in [-0.3, -0.25) is 14.2 Å². The zero-order valence-corrected chi connectivity index (χ0v) is 16.6. The molecule has 0 bridgehead atoms. The summed E-state index contributed by atoms with van der Waals surface area (Å²) >= 11 is 6.06. The molecule has 10 heteroatoms. The standard InChI is InChI=1S/C17H21ClN4O4S/c1-11-15(16(18)21(2)19-11)27(25,26)20-13-6-3-5-12(9-13)17(24)22-8-4-7-14(23)10-22/h3,5-6,9,14,20,23H,4,7-8,10H2,1-2H3/t14-/m0/s1. The molecule has 2 aromatic rings. The molecular weight excluding hydrogens is 392 g/mol. The number of aryl methyl sites for hydroxylation is 2. The Morgan fingerprint density at radius 2 is 2.15 bits per heavy atom. The van der Waals surface area contributed by atoms with Crippen LogP contribution in [0.2, 0.25) is 5.15 Å². The number of carbonyl (C=O) groups is 1. The van der Waals surface area contributed by atoms with Gasteiger partial charge in [0.25, 0.3) is 15.9 Å². The summed E-state index contributed by atoms with van der Waals surface area (Å²) < 4.78 is 29.1. The molecule has 0 unspecified atom stereocenters. The van der Waals surface area contributed by atoms with Gasteiger partial charge in [-0.25, -0.2) is 8.42 Å². The fourth-order valence-electron chi connectivity index (χ4n) is 3.16. The van der Waals surface area contributed by atoms with E-state index < -0.39 is 16.1 Å². The molecule has 8 nitrogen and oxygen atoms in total. The third-order valence-electron chi connectivity index (χ3n) is 4.41. The summed E-state index contributed by atoms with van der Waals surface area (Å²) in [5.74, 6) is -0.245. The lowest BCUT2D eigenvalue weighted by Crippen LogP contribution is -2.42. The van der Waals surface area contributed by atoms with Crippen LogP contribution >= 0.6 is 11.6 Å². The Morgan fingerprint density at radius 3 is 2.78 bits per heavy atom. The van der Waals surface area contributed by atoms with E-state index in [1.165, 1.54) is 10.7 Å². The largest absolute Gasteiger partial charge is 0.391 e. The lowest BCUT2D eigenvalue weighted by Gasteiger charge is -2.30. The normalized spacial score (nSPS) is 17.8. The highest BCUT2D eigenvalue weighted by atomic mass is 35.5. The second-order valence-corrected chi connectivity index (χ2v) is 8.54. The molecule has 1 atom stereocenters. The molecule has 0 radical (unpaired) electrons. The molecule has 1 aliphatic heterocycles. The van der Waals surface area contributed by atoms with Crippen LogP contribution in [0.4, 0.5) is 5.69 Å². The topological polar surface area (TPSA) is 105 Å². The number of aromatic nitrogens is 2. The van der Waals surface area contributed by atoms with Crippen molar-refractivity contribution in [2.45, 2.75) is 30.8 Å². The van der Waals surface area contributed by atoms with Crippen LogP contribution in [0.5, 0.6) is 0 Å². The Labute approximate surface area is 162 Å². The van der Waals surface area contributed by atoms with Crippen molar-refractivity contribution >= 4 is 33.2 Å². The van der Waals surface area contributed by atoms with Gasteiger partial charge < -0.3 is 10.0 Å². The maximum absolute atomic E-state index is 12.7. The Balaban J connectivity index is 1.84. The number of amides is 1. The van der Waals surface area contributed by atoms with Crippen LogP contribution in [0, 0.1) is 6.92 Å².